The van der Waals surface area contributed by atoms with Crippen LogP contribution in [0.15, 0.2) is 44.0 Å². The van der Waals surface area contributed by atoms with Crippen LogP contribution in [0.4, 0.5) is 0 Å². The molecule has 0 aliphatic rings. The summed E-state index contributed by atoms with van der Waals surface area (Å²) in [5, 5.41) is 10.1. The molecule has 0 fully saturated rings. The molecule has 0 aliphatic carbocycles. The Morgan fingerprint density at radius 3 is 2.23 bits per heavy atom. The van der Waals surface area contributed by atoms with E-state index in [4.69, 9.17) is 13.4 Å². The van der Waals surface area contributed by atoms with Gasteiger partial charge in [-0.1, -0.05) is 58.9 Å². The normalized spacial score (nSPS) is 13.9. The van der Waals surface area contributed by atoms with Gasteiger partial charge in [-0.3, -0.25) is 4.57 Å². The van der Waals surface area contributed by atoms with Crippen LogP contribution in [0.3, 0.4) is 0 Å². The molecule has 190 valence electrons. The summed E-state index contributed by atoms with van der Waals surface area (Å²) in [6.07, 6.45) is 1.03. The fourth-order valence-corrected chi connectivity index (χ4v) is 5.71. The van der Waals surface area contributed by atoms with Gasteiger partial charge < -0.3 is 18.5 Å². The van der Waals surface area contributed by atoms with Gasteiger partial charge in [0.05, 0.1) is 0 Å². The van der Waals surface area contributed by atoms with E-state index in [1.165, 1.54) is 5.56 Å². The van der Waals surface area contributed by atoms with Crippen molar-refractivity contribution in [1.82, 2.24) is 0 Å². The lowest BCUT2D eigenvalue weighted by molar-refractivity contribution is 0.263. The molecule has 3 rings (SSSR count). The van der Waals surface area contributed by atoms with E-state index >= 15 is 0 Å². The zero-order valence-electron chi connectivity index (χ0n) is 22.0. The van der Waals surface area contributed by atoms with Gasteiger partial charge in [0.2, 0.25) is 7.37 Å². The van der Waals surface area contributed by atoms with Crippen molar-refractivity contribution in [3.05, 3.63) is 85.8 Å². The Morgan fingerprint density at radius 2 is 1.66 bits per heavy atom. The van der Waals surface area contributed by atoms with Crippen LogP contribution < -0.4 is 5.82 Å². The zero-order chi connectivity index (χ0) is 26.1. The van der Waals surface area contributed by atoms with Gasteiger partial charge in [0.15, 0.2) is 11.5 Å². The number of aromatic hydroxyl groups is 1. The van der Waals surface area contributed by atoms with Crippen LogP contribution in [0.5, 0.6) is 5.75 Å². The quantitative estimate of drug-likeness (QED) is 0.329. The number of phenols is 1. The Labute approximate surface area is 207 Å². The molecule has 1 N–H and O–H groups in total. The maximum Gasteiger partial charge on any atom is 0.519 e. The predicted octanol–water partition coefficient (Wildman–Crippen LogP) is 7.19. The van der Waals surface area contributed by atoms with Crippen molar-refractivity contribution in [3.8, 4) is 5.75 Å². The monoisotopic (exact) mass is 500 g/mol. The predicted molar refractivity (Wildman–Crippen MR) is 139 cm³/mol. The molecule has 0 saturated carbocycles. The highest BCUT2D eigenvalue weighted by molar-refractivity contribution is 7.57. The highest BCUT2D eigenvalue weighted by Crippen LogP contribution is 2.48. The average molecular weight is 501 g/mol. The van der Waals surface area contributed by atoms with Crippen molar-refractivity contribution in [2.45, 2.75) is 79.0 Å². The molecule has 35 heavy (non-hydrogen) atoms. The molecule has 1 heterocycles. The number of hydrogen-bond acceptors (Lipinski definition) is 6. The van der Waals surface area contributed by atoms with E-state index in [9.17, 15) is 14.5 Å². The summed E-state index contributed by atoms with van der Waals surface area (Å²) >= 11 is 0. The van der Waals surface area contributed by atoms with Crippen molar-refractivity contribution >= 4 is 7.37 Å². The summed E-state index contributed by atoms with van der Waals surface area (Å²) in [5.74, 6) is 0.481. The van der Waals surface area contributed by atoms with Crippen LogP contribution in [-0.2, 0) is 33.7 Å². The largest absolute Gasteiger partial charge is 0.519 e. The maximum absolute atomic E-state index is 13.3. The van der Waals surface area contributed by atoms with Crippen LogP contribution >= 0.6 is 7.37 Å². The lowest BCUT2D eigenvalue weighted by Gasteiger charge is -2.18. The fourth-order valence-electron chi connectivity index (χ4n) is 4.38. The third-order valence-electron chi connectivity index (χ3n) is 6.12. The minimum atomic E-state index is -3.02. The van der Waals surface area contributed by atoms with E-state index in [1.54, 1.807) is 12.7 Å². The molecule has 0 saturated heterocycles. The second-order valence-corrected chi connectivity index (χ2v) is 13.4. The van der Waals surface area contributed by atoms with Crippen molar-refractivity contribution in [2.75, 3.05) is 6.66 Å². The van der Waals surface area contributed by atoms with Gasteiger partial charge >= 0.3 is 5.82 Å². The third kappa shape index (κ3) is 6.77. The Morgan fingerprint density at radius 1 is 1.03 bits per heavy atom. The standard InChI is InChI=1S/C28H37O6P/c1-17(2)22-13-20(9-10-24(22)29)14-23-18(3)11-21(12-19(23)4)16-35(8,31)32-15-25-26(28(5,6)7)34-27(30)33-25/h9-13,17,29H,14-16H2,1-8H3. The van der Waals surface area contributed by atoms with Crippen LogP contribution in [0.2, 0.25) is 0 Å². The summed E-state index contributed by atoms with van der Waals surface area (Å²) in [7, 11) is -3.02. The van der Waals surface area contributed by atoms with Crippen LogP contribution in [-0.4, -0.2) is 11.8 Å². The first-order valence-corrected chi connectivity index (χ1v) is 14.2. The van der Waals surface area contributed by atoms with Gasteiger partial charge in [-0.25, -0.2) is 4.79 Å². The van der Waals surface area contributed by atoms with E-state index in [-0.39, 0.29) is 24.4 Å². The smallest absolute Gasteiger partial charge is 0.508 e. The SMILES string of the molecule is Cc1cc(CP(C)(=O)OCc2oc(=O)oc2C(C)(C)C)cc(C)c1Cc1ccc(O)c(C(C)C)c1. The topological polar surface area (TPSA) is 89.9 Å². The average Bonchev–Trinajstić information content (AvgIpc) is 3.11. The fraction of sp³-hybridized carbons (Fsp3) is 0.464. The minimum absolute atomic E-state index is 0.0821. The van der Waals surface area contributed by atoms with Gasteiger partial charge in [0, 0.05) is 18.2 Å². The molecule has 0 bridgehead atoms. The molecule has 1 atom stereocenters. The van der Waals surface area contributed by atoms with Gasteiger partial charge in [0.25, 0.3) is 0 Å². The number of hydrogen-bond donors (Lipinski definition) is 1. The molecule has 2 aromatic carbocycles. The lowest BCUT2D eigenvalue weighted by Crippen LogP contribution is -2.13. The summed E-state index contributed by atoms with van der Waals surface area (Å²) in [6, 6.07) is 9.92. The molecule has 0 amide bonds. The Bertz CT molecular complexity index is 1280. The first-order valence-electron chi connectivity index (χ1n) is 11.9. The van der Waals surface area contributed by atoms with Gasteiger partial charge in [0.1, 0.15) is 12.4 Å². The molecule has 0 spiro atoms. The van der Waals surface area contributed by atoms with Gasteiger partial charge in [-0.05, 0) is 65.6 Å². The number of benzene rings is 2. The highest BCUT2D eigenvalue weighted by Gasteiger charge is 2.28. The van der Waals surface area contributed by atoms with E-state index in [0.717, 1.165) is 34.2 Å². The lowest BCUT2D eigenvalue weighted by atomic mass is 9.92. The summed E-state index contributed by atoms with van der Waals surface area (Å²) in [5.41, 5.74) is 6.06. The van der Waals surface area contributed by atoms with Crippen LogP contribution in [0.25, 0.3) is 0 Å². The molecule has 3 aromatic rings. The number of phenolic OH excluding ortho intramolecular Hbond substituents is 1. The number of rotatable bonds is 8. The molecule has 6 nitrogen and oxygen atoms in total. The van der Waals surface area contributed by atoms with Crippen molar-refractivity contribution in [3.63, 3.8) is 0 Å². The second-order valence-electron chi connectivity index (χ2n) is 10.8. The molecular weight excluding hydrogens is 463 g/mol. The number of aryl methyl sites for hydroxylation is 2. The summed E-state index contributed by atoms with van der Waals surface area (Å²) in [6.45, 7) is 15.5. The van der Waals surface area contributed by atoms with Gasteiger partial charge in [-0.15, -0.1) is 0 Å². The van der Waals surface area contributed by atoms with Crippen LogP contribution in [0, 0.1) is 13.8 Å². The molecule has 7 heteroatoms. The maximum atomic E-state index is 13.3. The molecule has 0 aliphatic heterocycles. The third-order valence-corrected chi connectivity index (χ3v) is 7.73. The van der Waals surface area contributed by atoms with E-state index in [0.29, 0.717) is 11.5 Å². The van der Waals surface area contributed by atoms with Crippen LogP contribution in [0.1, 0.15) is 85.4 Å². The summed E-state index contributed by atoms with van der Waals surface area (Å²) in [4.78, 5) is 11.6. The van der Waals surface area contributed by atoms with E-state index in [1.807, 2.05) is 26.8 Å². The first-order chi connectivity index (χ1) is 16.2. The summed E-state index contributed by atoms with van der Waals surface area (Å²) < 4.78 is 29.3. The minimum Gasteiger partial charge on any atom is -0.508 e. The molecule has 1 aromatic heterocycles. The van der Waals surface area contributed by atoms with Crippen molar-refractivity contribution in [1.29, 1.82) is 0 Å². The van der Waals surface area contributed by atoms with Gasteiger partial charge in [-0.2, -0.15) is 0 Å². The highest BCUT2D eigenvalue weighted by atomic mass is 31.2. The second kappa shape index (κ2) is 10.2. The Hall–Kier alpha value is -2.56. The van der Waals surface area contributed by atoms with Crippen molar-refractivity contribution < 1.29 is 23.0 Å². The van der Waals surface area contributed by atoms with E-state index < -0.39 is 18.6 Å². The molecule has 1 unspecified atom stereocenters. The van der Waals surface area contributed by atoms with E-state index in [2.05, 4.69) is 45.9 Å². The van der Waals surface area contributed by atoms with Crippen molar-refractivity contribution in [2.24, 2.45) is 0 Å². The first kappa shape index (κ1) is 27.0. The Kier molecular flexibility index (Phi) is 7.88. The zero-order valence-corrected chi connectivity index (χ0v) is 22.9. The molecular formula is C28H37O6P. The molecule has 0 radical (unpaired) electrons. The Balaban J connectivity index is 1.76.